The van der Waals surface area contributed by atoms with Crippen molar-refractivity contribution in [2.45, 2.75) is 30.6 Å². The Morgan fingerprint density at radius 3 is 2.20 bits per heavy atom. The van der Waals surface area contributed by atoms with Crippen LogP contribution in [-0.4, -0.2) is 31.1 Å². The van der Waals surface area contributed by atoms with Gasteiger partial charge in [0.15, 0.2) is 0 Å². The number of aliphatic hydroxyl groups is 1. The third kappa shape index (κ3) is 1.70. The molecule has 0 aromatic carbocycles. The fourth-order valence-corrected chi connectivity index (χ4v) is 2.44. The molecule has 0 aliphatic heterocycles. The highest BCUT2D eigenvalue weighted by molar-refractivity contribution is 7.91. The predicted molar refractivity (Wildman–Crippen MR) is 38.5 cm³/mol. The summed E-state index contributed by atoms with van der Waals surface area (Å²) < 4.78 is 21.7. The maximum Gasteiger partial charge on any atom is 0.150 e. The third-order valence-electron chi connectivity index (χ3n) is 1.96. The Morgan fingerprint density at radius 2 is 2.00 bits per heavy atom. The molecule has 0 amide bonds. The van der Waals surface area contributed by atoms with Crippen LogP contribution in [0.5, 0.6) is 0 Å². The summed E-state index contributed by atoms with van der Waals surface area (Å²) in [4.78, 5) is 0. The molecule has 0 aromatic heterocycles. The van der Waals surface area contributed by atoms with E-state index < -0.39 is 9.84 Å². The van der Waals surface area contributed by atoms with Gasteiger partial charge < -0.3 is 5.11 Å². The zero-order valence-corrected chi connectivity index (χ0v) is 6.76. The minimum atomic E-state index is -2.90. The third-order valence-corrected chi connectivity index (χ3v) is 3.60. The predicted octanol–water partition coefficient (Wildman–Crippen LogP) is -0.0556. The van der Waals surface area contributed by atoms with E-state index in [1.165, 1.54) is 6.26 Å². The summed E-state index contributed by atoms with van der Waals surface area (Å²) in [6.45, 7) is 0. The van der Waals surface area contributed by atoms with E-state index in [1.807, 2.05) is 0 Å². The van der Waals surface area contributed by atoms with E-state index >= 15 is 0 Å². The van der Waals surface area contributed by atoms with E-state index in [4.69, 9.17) is 5.11 Å². The highest BCUT2D eigenvalue weighted by atomic mass is 32.2. The molecule has 0 spiro atoms. The van der Waals surface area contributed by atoms with Gasteiger partial charge >= 0.3 is 0 Å². The van der Waals surface area contributed by atoms with Crippen LogP contribution in [-0.2, 0) is 9.84 Å². The fraction of sp³-hybridized carbons (Fsp3) is 1.00. The Hall–Kier alpha value is -0.0900. The molecule has 2 atom stereocenters. The van der Waals surface area contributed by atoms with Crippen molar-refractivity contribution in [3.05, 3.63) is 0 Å². The lowest BCUT2D eigenvalue weighted by Gasteiger charge is -2.04. The maximum absolute atomic E-state index is 10.9. The number of sulfone groups is 1. The Morgan fingerprint density at radius 1 is 1.40 bits per heavy atom. The molecule has 1 aliphatic carbocycles. The molecule has 0 radical (unpaired) electrons. The number of hydrogen-bond acceptors (Lipinski definition) is 3. The topological polar surface area (TPSA) is 54.4 Å². The molecule has 60 valence electrons. The zero-order chi connectivity index (χ0) is 7.78. The quantitative estimate of drug-likeness (QED) is 0.591. The van der Waals surface area contributed by atoms with Gasteiger partial charge in [0, 0.05) is 6.26 Å². The molecule has 1 saturated carbocycles. The molecule has 1 fully saturated rings. The molecule has 1 rings (SSSR count). The maximum atomic E-state index is 10.9. The summed E-state index contributed by atoms with van der Waals surface area (Å²) in [6, 6.07) is 0. The Labute approximate surface area is 61.0 Å². The van der Waals surface area contributed by atoms with Gasteiger partial charge in [-0.3, -0.25) is 0 Å². The monoisotopic (exact) mass is 164 g/mol. The summed E-state index contributed by atoms with van der Waals surface area (Å²) in [7, 11) is -2.90. The van der Waals surface area contributed by atoms with Gasteiger partial charge in [0.25, 0.3) is 0 Å². The minimum Gasteiger partial charge on any atom is -0.393 e. The van der Waals surface area contributed by atoms with Gasteiger partial charge in [-0.25, -0.2) is 8.42 Å². The number of hydrogen-bond donors (Lipinski definition) is 1. The first kappa shape index (κ1) is 8.01. The van der Waals surface area contributed by atoms with Crippen LogP contribution in [0.1, 0.15) is 19.3 Å². The normalized spacial score (nSPS) is 34.6. The highest BCUT2D eigenvalue weighted by Crippen LogP contribution is 2.24. The Bertz CT molecular complexity index is 207. The molecular weight excluding hydrogens is 152 g/mol. The Kier molecular flexibility index (Phi) is 2.01. The zero-order valence-electron chi connectivity index (χ0n) is 5.95. The van der Waals surface area contributed by atoms with Crippen molar-refractivity contribution in [2.24, 2.45) is 0 Å². The highest BCUT2D eigenvalue weighted by Gasteiger charge is 2.29. The SMILES string of the molecule is CS(=O)(=O)[C@@H]1CC[C@@H](O)C1. The molecule has 0 aromatic rings. The van der Waals surface area contributed by atoms with Crippen LogP contribution in [0.25, 0.3) is 0 Å². The van der Waals surface area contributed by atoms with Crippen LogP contribution in [0, 0.1) is 0 Å². The first-order chi connectivity index (χ1) is 4.50. The average molecular weight is 164 g/mol. The van der Waals surface area contributed by atoms with Gasteiger partial charge in [-0.2, -0.15) is 0 Å². The number of rotatable bonds is 1. The van der Waals surface area contributed by atoms with Gasteiger partial charge in [0.2, 0.25) is 0 Å². The molecule has 0 heterocycles. The lowest BCUT2D eigenvalue weighted by Crippen LogP contribution is -2.16. The van der Waals surface area contributed by atoms with Gasteiger partial charge in [0.1, 0.15) is 9.84 Å². The van der Waals surface area contributed by atoms with E-state index in [1.54, 1.807) is 0 Å². The van der Waals surface area contributed by atoms with E-state index in [2.05, 4.69) is 0 Å². The summed E-state index contributed by atoms with van der Waals surface area (Å²) in [5.74, 6) is 0. The van der Waals surface area contributed by atoms with Crippen molar-refractivity contribution in [1.29, 1.82) is 0 Å². The van der Waals surface area contributed by atoms with E-state index in [-0.39, 0.29) is 11.4 Å². The molecule has 0 bridgehead atoms. The summed E-state index contributed by atoms with van der Waals surface area (Å²) in [5, 5.41) is 8.71. The second-order valence-corrected chi connectivity index (χ2v) is 5.24. The summed E-state index contributed by atoms with van der Waals surface area (Å²) in [6.07, 6.45) is 2.53. The standard InChI is InChI=1S/C6H12O3S/c1-10(8,9)6-3-2-5(7)4-6/h5-7H,2-4H2,1H3/t5-,6-/m1/s1. The van der Waals surface area contributed by atoms with Crippen LogP contribution in [0.15, 0.2) is 0 Å². The first-order valence-electron chi connectivity index (χ1n) is 3.37. The lowest BCUT2D eigenvalue weighted by molar-refractivity contribution is 0.183. The summed E-state index contributed by atoms with van der Waals surface area (Å²) in [5.41, 5.74) is 0. The molecular formula is C6H12O3S. The fourth-order valence-electron chi connectivity index (χ4n) is 1.31. The van der Waals surface area contributed by atoms with Gasteiger partial charge in [-0.1, -0.05) is 0 Å². The molecule has 0 saturated heterocycles. The smallest absolute Gasteiger partial charge is 0.150 e. The van der Waals surface area contributed by atoms with Crippen molar-refractivity contribution in [3.63, 3.8) is 0 Å². The van der Waals surface area contributed by atoms with Crippen LogP contribution >= 0.6 is 0 Å². The molecule has 4 heteroatoms. The Balaban J connectivity index is 2.62. The van der Waals surface area contributed by atoms with Crippen molar-refractivity contribution >= 4 is 9.84 Å². The van der Waals surface area contributed by atoms with Gasteiger partial charge in [-0.15, -0.1) is 0 Å². The van der Waals surface area contributed by atoms with E-state index in [0.717, 1.165) is 0 Å². The van der Waals surface area contributed by atoms with Crippen molar-refractivity contribution in [1.82, 2.24) is 0 Å². The largest absolute Gasteiger partial charge is 0.393 e. The van der Waals surface area contributed by atoms with Crippen LogP contribution < -0.4 is 0 Å². The minimum absolute atomic E-state index is 0.289. The average Bonchev–Trinajstić information content (AvgIpc) is 2.11. The molecule has 0 unspecified atom stereocenters. The molecule has 1 aliphatic rings. The second-order valence-electron chi connectivity index (χ2n) is 2.92. The van der Waals surface area contributed by atoms with Crippen LogP contribution in [0.4, 0.5) is 0 Å². The molecule has 3 nitrogen and oxygen atoms in total. The van der Waals surface area contributed by atoms with Gasteiger partial charge in [0.05, 0.1) is 11.4 Å². The van der Waals surface area contributed by atoms with Crippen LogP contribution in [0.3, 0.4) is 0 Å². The van der Waals surface area contributed by atoms with Gasteiger partial charge in [-0.05, 0) is 19.3 Å². The lowest BCUT2D eigenvalue weighted by atomic mass is 10.3. The first-order valence-corrected chi connectivity index (χ1v) is 5.32. The second kappa shape index (κ2) is 2.51. The number of aliphatic hydroxyl groups excluding tert-OH is 1. The van der Waals surface area contributed by atoms with E-state index in [0.29, 0.717) is 19.3 Å². The molecule has 10 heavy (non-hydrogen) atoms. The molecule has 1 N–H and O–H groups in total. The van der Waals surface area contributed by atoms with Crippen molar-refractivity contribution in [3.8, 4) is 0 Å². The van der Waals surface area contributed by atoms with Crippen molar-refractivity contribution < 1.29 is 13.5 Å². The van der Waals surface area contributed by atoms with Crippen LogP contribution in [0.2, 0.25) is 0 Å². The van der Waals surface area contributed by atoms with E-state index in [9.17, 15) is 8.42 Å². The summed E-state index contributed by atoms with van der Waals surface area (Å²) >= 11 is 0. The van der Waals surface area contributed by atoms with Crippen molar-refractivity contribution in [2.75, 3.05) is 6.26 Å².